The predicted octanol–water partition coefficient (Wildman–Crippen LogP) is 5.62. The van der Waals surface area contributed by atoms with Gasteiger partial charge in [-0.25, -0.2) is 9.69 Å². The molecule has 0 bridgehead atoms. The molecular formula is C27H23BrN2O4. The Balaban J connectivity index is 1.68. The number of amides is 4. The number of para-hydroxylation sites is 1. The molecule has 3 aromatic rings. The highest BCUT2D eigenvalue weighted by molar-refractivity contribution is 9.10. The Bertz CT molecular complexity index is 1350. The van der Waals surface area contributed by atoms with Crippen molar-refractivity contribution < 1.29 is 19.1 Å². The zero-order valence-corrected chi connectivity index (χ0v) is 20.6. The smallest absolute Gasteiger partial charge is 0.335 e. The van der Waals surface area contributed by atoms with Gasteiger partial charge in [0.25, 0.3) is 11.8 Å². The number of hydrogen-bond donors (Lipinski definition) is 1. The fraction of sp³-hybridized carbons (Fsp3) is 0.148. The fourth-order valence-electron chi connectivity index (χ4n) is 3.66. The van der Waals surface area contributed by atoms with Gasteiger partial charge in [-0.3, -0.25) is 14.9 Å². The van der Waals surface area contributed by atoms with E-state index >= 15 is 0 Å². The van der Waals surface area contributed by atoms with Crippen LogP contribution in [0.3, 0.4) is 0 Å². The zero-order valence-electron chi connectivity index (χ0n) is 19.0. The molecule has 0 aromatic heterocycles. The molecule has 0 atom stereocenters. The molecule has 172 valence electrons. The lowest BCUT2D eigenvalue weighted by molar-refractivity contribution is -0.122. The lowest BCUT2D eigenvalue weighted by atomic mass is 10.0. The highest BCUT2D eigenvalue weighted by Crippen LogP contribution is 2.29. The number of barbiturate groups is 1. The van der Waals surface area contributed by atoms with Crippen molar-refractivity contribution in [1.82, 2.24) is 5.32 Å². The van der Waals surface area contributed by atoms with Crippen molar-refractivity contribution in [3.8, 4) is 5.75 Å². The molecule has 0 unspecified atom stereocenters. The molecule has 1 N–H and O–H groups in total. The normalized spacial score (nSPS) is 15.0. The first-order valence-corrected chi connectivity index (χ1v) is 11.5. The molecule has 7 heteroatoms. The van der Waals surface area contributed by atoms with E-state index in [0.29, 0.717) is 23.6 Å². The maximum absolute atomic E-state index is 13.3. The van der Waals surface area contributed by atoms with E-state index in [1.54, 1.807) is 37.3 Å². The molecule has 3 aromatic carbocycles. The number of halogens is 1. The van der Waals surface area contributed by atoms with E-state index in [0.717, 1.165) is 20.5 Å². The van der Waals surface area contributed by atoms with Crippen LogP contribution in [0, 0.1) is 20.8 Å². The minimum atomic E-state index is -0.776. The first kappa shape index (κ1) is 23.4. The van der Waals surface area contributed by atoms with Crippen molar-refractivity contribution in [3.05, 3.63) is 98.5 Å². The quantitative estimate of drug-likeness (QED) is 0.351. The lowest BCUT2D eigenvalue weighted by Gasteiger charge is -2.27. The summed E-state index contributed by atoms with van der Waals surface area (Å²) in [5.74, 6) is -0.933. The molecule has 0 spiro atoms. The highest BCUT2D eigenvalue weighted by Gasteiger charge is 2.37. The summed E-state index contributed by atoms with van der Waals surface area (Å²) in [6.45, 7) is 6.22. The average molecular weight is 519 g/mol. The van der Waals surface area contributed by atoms with Crippen LogP contribution < -0.4 is 15.0 Å². The maximum Gasteiger partial charge on any atom is 0.335 e. The monoisotopic (exact) mass is 518 g/mol. The van der Waals surface area contributed by atoms with E-state index in [4.69, 9.17) is 4.74 Å². The largest absolute Gasteiger partial charge is 0.488 e. The maximum atomic E-state index is 13.3. The molecule has 0 saturated carbocycles. The minimum absolute atomic E-state index is 0.156. The number of nitrogens with zero attached hydrogens (tertiary/aromatic N) is 1. The van der Waals surface area contributed by atoms with Crippen LogP contribution in [-0.2, 0) is 16.2 Å². The van der Waals surface area contributed by atoms with E-state index in [2.05, 4.69) is 34.2 Å². The Hall–Kier alpha value is -3.71. The lowest BCUT2D eigenvalue weighted by Crippen LogP contribution is -2.54. The molecule has 1 saturated heterocycles. The number of nitrogens with one attached hydrogen (secondary N) is 1. The number of aryl methyl sites for hydroxylation is 3. The van der Waals surface area contributed by atoms with Crippen LogP contribution in [0.15, 0.2) is 70.7 Å². The van der Waals surface area contributed by atoms with Gasteiger partial charge in [0.15, 0.2) is 0 Å². The van der Waals surface area contributed by atoms with Gasteiger partial charge in [-0.2, -0.15) is 0 Å². The molecule has 4 amide bonds. The Morgan fingerprint density at radius 2 is 1.68 bits per heavy atom. The number of urea groups is 1. The van der Waals surface area contributed by atoms with Crippen LogP contribution in [0.1, 0.15) is 27.8 Å². The Morgan fingerprint density at radius 3 is 2.41 bits per heavy atom. The molecule has 0 aliphatic carbocycles. The fourth-order valence-corrected chi connectivity index (χ4v) is 4.04. The molecule has 0 radical (unpaired) electrons. The summed E-state index contributed by atoms with van der Waals surface area (Å²) in [5, 5.41) is 2.27. The minimum Gasteiger partial charge on any atom is -0.488 e. The summed E-state index contributed by atoms with van der Waals surface area (Å²) in [6, 6.07) is 17.7. The van der Waals surface area contributed by atoms with Crippen LogP contribution >= 0.6 is 15.9 Å². The van der Waals surface area contributed by atoms with E-state index < -0.39 is 17.8 Å². The van der Waals surface area contributed by atoms with Gasteiger partial charge in [0.1, 0.15) is 17.9 Å². The number of imide groups is 2. The first-order chi connectivity index (χ1) is 16.2. The van der Waals surface area contributed by atoms with Crippen molar-refractivity contribution in [1.29, 1.82) is 0 Å². The summed E-state index contributed by atoms with van der Waals surface area (Å²) >= 11 is 3.44. The highest BCUT2D eigenvalue weighted by atomic mass is 79.9. The number of hydrogen-bond acceptors (Lipinski definition) is 4. The molecule has 1 fully saturated rings. The van der Waals surface area contributed by atoms with Gasteiger partial charge in [0, 0.05) is 10.0 Å². The molecule has 1 heterocycles. The van der Waals surface area contributed by atoms with Crippen molar-refractivity contribution in [3.63, 3.8) is 0 Å². The number of ether oxygens (including phenoxy) is 1. The third kappa shape index (κ3) is 4.79. The van der Waals surface area contributed by atoms with Crippen LogP contribution in [-0.4, -0.2) is 17.8 Å². The molecular weight excluding hydrogens is 496 g/mol. The van der Waals surface area contributed by atoms with Crippen LogP contribution in [0.5, 0.6) is 5.75 Å². The zero-order chi connectivity index (χ0) is 24.4. The van der Waals surface area contributed by atoms with Gasteiger partial charge < -0.3 is 4.74 Å². The Labute approximate surface area is 206 Å². The summed E-state index contributed by atoms with van der Waals surface area (Å²) in [4.78, 5) is 39.4. The summed E-state index contributed by atoms with van der Waals surface area (Å²) in [7, 11) is 0. The van der Waals surface area contributed by atoms with Crippen molar-refractivity contribution in [2.45, 2.75) is 27.4 Å². The van der Waals surface area contributed by atoms with Gasteiger partial charge in [-0.1, -0.05) is 52.3 Å². The van der Waals surface area contributed by atoms with Gasteiger partial charge in [0.05, 0.1) is 5.69 Å². The second-order valence-electron chi connectivity index (χ2n) is 8.13. The number of carbonyl (C=O) groups excluding carboxylic acids is 3. The standard InChI is InChI=1S/C27H23BrN2O4/c1-16-8-9-19(12-18(16)3)15-34-24-11-10-21(28)13-20(24)14-22-25(31)29-27(33)30(26(22)32)23-7-5-4-6-17(23)2/h4-14H,15H2,1-3H3,(H,29,31,33)/b22-14+. The number of benzene rings is 3. The summed E-state index contributed by atoms with van der Waals surface area (Å²) in [6.07, 6.45) is 1.45. The predicted molar refractivity (Wildman–Crippen MR) is 135 cm³/mol. The van der Waals surface area contributed by atoms with Crippen molar-refractivity contribution in [2.75, 3.05) is 4.90 Å². The second-order valence-corrected chi connectivity index (χ2v) is 9.05. The Kier molecular flexibility index (Phi) is 6.65. The van der Waals surface area contributed by atoms with E-state index in [-0.39, 0.29) is 5.57 Å². The topological polar surface area (TPSA) is 75.7 Å². The summed E-state index contributed by atoms with van der Waals surface area (Å²) < 4.78 is 6.81. The summed E-state index contributed by atoms with van der Waals surface area (Å²) in [5.41, 5.74) is 4.92. The van der Waals surface area contributed by atoms with Gasteiger partial charge in [-0.15, -0.1) is 0 Å². The average Bonchev–Trinajstić information content (AvgIpc) is 2.79. The van der Waals surface area contributed by atoms with E-state index in [1.807, 2.05) is 31.2 Å². The van der Waals surface area contributed by atoms with Crippen LogP contribution in [0.25, 0.3) is 6.08 Å². The number of anilines is 1. The Morgan fingerprint density at radius 1 is 0.912 bits per heavy atom. The van der Waals surface area contributed by atoms with Gasteiger partial charge in [0.2, 0.25) is 0 Å². The molecule has 34 heavy (non-hydrogen) atoms. The molecule has 4 rings (SSSR count). The number of rotatable bonds is 5. The molecule has 1 aliphatic heterocycles. The first-order valence-electron chi connectivity index (χ1n) is 10.7. The van der Waals surface area contributed by atoms with Crippen molar-refractivity contribution in [2.24, 2.45) is 0 Å². The van der Waals surface area contributed by atoms with Crippen LogP contribution in [0.2, 0.25) is 0 Å². The third-order valence-electron chi connectivity index (χ3n) is 5.70. The number of carbonyl (C=O) groups is 3. The van der Waals surface area contributed by atoms with Crippen LogP contribution in [0.4, 0.5) is 10.5 Å². The van der Waals surface area contributed by atoms with E-state index in [1.165, 1.54) is 17.2 Å². The van der Waals surface area contributed by atoms with Gasteiger partial charge in [-0.05, 0) is 73.4 Å². The SMILES string of the molecule is Cc1ccc(COc2ccc(Br)cc2/C=C2\C(=O)NC(=O)N(c3ccccc3C)C2=O)cc1C. The van der Waals surface area contributed by atoms with Gasteiger partial charge >= 0.3 is 6.03 Å². The third-order valence-corrected chi connectivity index (χ3v) is 6.19. The van der Waals surface area contributed by atoms with E-state index in [9.17, 15) is 14.4 Å². The molecule has 1 aliphatic rings. The molecule has 6 nitrogen and oxygen atoms in total. The second kappa shape index (κ2) is 9.65. The van der Waals surface area contributed by atoms with Crippen molar-refractivity contribution >= 4 is 45.5 Å².